The van der Waals surface area contributed by atoms with Gasteiger partial charge >= 0.3 is 6.09 Å². The molecule has 0 aliphatic carbocycles. The highest BCUT2D eigenvalue weighted by Gasteiger charge is 2.44. The van der Waals surface area contributed by atoms with Crippen molar-refractivity contribution in [1.29, 1.82) is 0 Å². The Morgan fingerprint density at radius 3 is 2.59 bits per heavy atom. The molecule has 2 aromatic heterocycles. The number of fused-ring (bicyclic) bond motifs is 1. The van der Waals surface area contributed by atoms with E-state index in [0.717, 1.165) is 67.2 Å². The first-order valence-corrected chi connectivity index (χ1v) is 14.6. The van der Waals surface area contributed by atoms with E-state index in [-0.39, 0.29) is 18.0 Å². The van der Waals surface area contributed by atoms with Crippen molar-refractivity contribution in [2.24, 2.45) is 0 Å². The summed E-state index contributed by atoms with van der Waals surface area (Å²) in [6, 6.07) is 11.9. The smallest absolute Gasteiger partial charge is 0.407 e. The summed E-state index contributed by atoms with van der Waals surface area (Å²) in [6.45, 7) is 12.7. The summed E-state index contributed by atoms with van der Waals surface area (Å²) in [5, 5.41) is 11.2. The number of likely N-dealkylation sites (N-methyl/N-ethyl adjacent to an activating group) is 1. The fourth-order valence-electron chi connectivity index (χ4n) is 6.04. The third kappa shape index (κ3) is 6.02. The van der Waals surface area contributed by atoms with Gasteiger partial charge in [-0.1, -0.05) is 30.3 Å². The van der Waals surface area contributed by atoms with E-state index in [4.69, 9.17) is 14.8 Å². The Hall–Kier alpha value is -3.66. The molecule has 2 aliphatic heterocycles. The number of nitrogens with zero attached hydrogens (tertiary/aromatic N) is 5. The number of carbonyl (C=O) groups is 2. The lowest BCUT2D eigenvalue weighted by molar-refractivity contribution is -0.139. The summed E-state index contributed by atoms with van der Waals surface area (Å²) in [6.07, 6.45) is 3.95. The van der Waals surface area contributed by atoms with Crippen LogP contribution in [0.1, 0.15) is 69.8 Å². The largest absolute Gasteiger partial charge is 0.444 e. The standard InChI is InChI=1S/C31H43N7O3/c1-21-19-38-26(34-27(21)37-17-12-24(20-37)33-29(40)41-30(3,4)5)18-25(35-38)22(2)36(6)28(39)31(13-15-32-16-14-31)23-10-8-7-9-11-23/h7-11,18-19,22,24,32H,12-17,20H2,1-6H3,(H,33,40)/t22-,24-/m0/s1. The second kappa shape index (κ2) is 11.3. The minimum absolute atomic E-state index is 0.00523. The van der Waals surface area contributed by atoms with E-state index in [2.05, 4.69) is 27.7 Å². The molecule has 2 atom stereocenters. The Balaban J connectivity index is 1.33. The molecular formula is C31H43N7O3. The quantitative estimate of drug-likeness (QED) is 0.469. The molecule has 220 valence electrons. The van der Waals surface area contributed by atoms with Crippen molar-refractivity contribution in [2.75, 3.05) is 38.1 Å². The Bertz CT molecular complexity index is 1390. The molecule has 41 heavy (non-hydrogen) atoms. The number of benzene rings is 1. The first kappa shape index (κ1) is 28.9. The van der Waals surface area contributed by atoms with Gasteiger partial charge in [0, 0.05) is 38.0 Å². The minimum Gasteiger partial charge on any atom is -0.444 e. The monoisotopic (exact) mass is 561 g/mol. The van der Waals surface area contributed by atoms with E-state index in [0.29, 0.717) is 6.54 Å². The Morgan fingerprint density at radius 2 is 1.90 bits per heavy atom. The van der Waals surface area contributed by atoms with Crippen molar-refractivity contribution < 1.29 is 14.3 Å². The molecule has 0 saturated carbocycles. The number of ether oxygens (including phenoxy) is 1. The van der Waals surface area contributed by atoms with Crippen LogP contribution in [-0.4, -0.2) is 76.4 Å². The van der Waals surface area contributed by atoms with Gasteiger partial charge in [-0.15, -0.1) is 0 Å². The molecule has 1 aromatic carbocycles. The predicted octanol–water partition coefficient (Wildman–Crippen LogP) is 3.98. The average molecular weight is 562 g/mol. The van der Waals surface area contributed by atoms with E-state index in [9.17, 15) is 9.59 Å². The number of nitrogens with one attached hydrogen (secondary N) is 2. The zero-order valence-corrected chi connectivity index (χ0v) is 25.1. The maximum Gasteiger partial charge on any atom is 0.407 e. The number of rotatable bonds is 6. The molecule has 0 bridgehead atoms. The van der Waals surface area contributed by atoms with Gasteiger partial charge in [0.25, 0.3) is 0 Å². The highest BCUT2D eigenvalue weighted by atomic mass is 16.6. The first-order chi connectivity index (χ1) is 19.5. The van der Waals surface area contributed by atoms with Gasteiger partial charge in [0.15, 0.2) is 5.65 Å². The Kier molecular flexibility index (Phi) is 7.96. The van der Waals surface area contributed by atoms with Crippen LogP contribution in [0.15, 0.2) is 42.6 Å². The summed E-state index contributed by atoms with van der Waals surface area (Å²) >= 11 is 0. The minimum atomic E-state index is -0.545. The molecule has 2 amide bonds. The number of aryl methyl sites for hydroxylation is 1. The van der Waals surface area contributed by atoms with Gasteiger partial charge in [-0.3, -0.25) is 4.79 Å². The maximum absolute atomic E-state index is 14.1. The van der Waals surface area contributed by atoms with E-state index in [1.54, 1.807) is 4.52 Å². The molecule has 5 rings (SSSR count). The van der Waals surface area contributed by atoms with Crippen LogP contribution in [0.2, 0.25) is 0 Å². The van der Waals surface area contributed by atoms with Gasteiger partial charge in [0.05, 0.1) is 23.2 Å². The van der Waals surface area contributed by atoms with E-state index < -0.39 is 17.1 Å². The summed E-state index contributed by atoms with van der Waals surface area (Å²) < 4.78 is 7.22. The number of piperidine rings is 1. The third-order valence-corrected chi connectivity index (χ3v) is 8.35. The molecule has 3 aromatic rings. The Morgan fingerprint density at radius 1 is 1.20 bits per heavy atom. The van der Waals surface area contributed by atoms with Gasteiger partial charge < -0.3 is 25.2 Å². The number of aromatic nitrogens is 3. The summed E-state index contributed by atoms with van der Waals surface area (Å²) in [7, 11) is 1.88. The summed E-state index contributed by atoms with van der Waals surface area (Å²) in [5.41, 5.74) is 2.53. The third-order valence-electron chi connectivity index (χ3n) is 8.35. The maximum atomic E-state index is 14.1. The fourth-order valence-corrected chi connectivity index (χ4v) is 6.04. The van der Waals surface area contributed by atoms with E-state index in [1.165, 1.54) is 0 Å². The molecule has 10 nitrogen and oxygen atoms in total. The molecular weight excluding hydrogens is 518 g/mol. The average Bonchev–Trinajstić information content (AvgIpc) is 3.57. The van der Waals surface area contributed by atoms with Gasteiger partial charge in [0.2, 0.25) is 5.91 Å². The van der Waals surface area contributed by atoms with Crippen LogP contribution < -0.4 is 15.5 Å². The fraction of sp³-hybridized carbons (Fsp3) is 0.548. The molecule has 2 fully saturated rings. The van der Waals surface area contributed by atoms with E-state index in [1.807, 2.05) is 77.0 Å². The highest BCUT2D eigenvalue weighted by Crippen LogP contribution is 2.37. The van der Waals surface area contributed by atoms with Gasteiger partial charge in [-0.2, -0.15) is 5.10 Å². The van der Waals surface area contributed by atoms with Crippen LogP contribution in [0, 0.1) is 6.92 Å². The van der Waals surface area contributed by atoms with Gasteiger partial charge in [0.1, 0.15) is 11.4 Å². The SMILES string of the molecule is Cc1cn2nc([C@H](C)N(C)C(=O)C3(c4ccccc4)CCNCC3)cc2nc1N1CC[C@H](NC(=O)OC(C)(C)C)C1. The van der Waals surface area contributed by atoms with Crippen molar-refractivity contribution in [1.82, 2.24) is 30.1 Å². The van der Waals surface area contributed by atoms with Crippen molar-refractivity contribution in [2.45, 2.75) is 77.0 Å². The molecule has 4 heterocycles. The topological polar surface area (TPSA) is 104 Å². The van der Waals surface area contributed by atoms with Crippen molar-refractivity contribution >= 4 is 23.5 Å². The predicted molar refractivity (Wildman–Crippen MR) is 159 cm³/mol. The van der Waals surface area contributed by atoms with Crippen LogP contribution >= 0.6 is 0 Å². The molecule has 0 radical (unpaired) electrons. The molecule has 10 heteroatoms. The van der Waals surface area contributed by atoms with Crippen LogP contribution in [0.4, 0.5) is 10.6 Å². The van der Waals surface area contributed by atoms with Crippen LogP contribution in [0.3, 0.4) is 0 Å². The summed E-state index contributed by atoms with van der Waals surface area (Å²) in [4.78, 5) is 35.4. The number of anilines is 1. The van der Waals surface area contributed by atoms with Crippen molar-refractivity contribution in [3.05, 3.63) is 59.4 Å². The number of amides is 2. The van der Waals surface area contributed by atoms with Crippen LogP contribution in [-0.2, 0) is 14.9 Å². The number of hydrogen-bond donors (Lipinski definition) is 2. The molecule has 0 unspecified atom stereocenters. The number of carbonyl (C=O) groups excluding carboxylic acids is 2. The molecule has 2 aliphatic rings. The van der Waals surface area contributed by atoms with Crippen LogP contribution in [0.25, 0.3) is 5.65 Å². The zero-order chi connectivity index (χ0) is 29.4. The molecule has 2 saturated heterocycles. The second-order valence-electron chi connectivity index (χ2n) is 12.5. The van der Waals surface area contributed by atoms with Gasteiger partial charge in [-0.05, 0) is 72.5 Å². The normalized spacial score (nSPS) is 19.7. The lowest BCUT2D eigenvalue weighted by Gasteiger charge is -2.41. The Labute approximate surface area is 242 Å². The number of hydrogen-bond acceptors (Lipinski definition) is 7. The first-order valence-electron chi connectivity index (χ1n) is 14.6. The van der Waals surface area contributed by atoms with E-state index >= 15 is 0 Å². The number of alkyl carbamates (subject to hydrolysis) is 1. The second-order valence-corrected chi connectivity index (χ2v) is 12.5. The molecule has 0 spiro atoms. The van der Waals surface area contributed by atoms with Gasteiger partial charge in [-0.25, -0.2) is 14.3 Å². The van der Waals surface area contributed by atoms with Crippen molar-refractivity contribution in [3.8, 4) is 0 Å². The zero-order valence-electron chi connectivity index (χ0n) is 25.1. The summed E-state index contributed by atoms with van der Waals surface area (Å²) in [5.74, 6) is 1.01. The van der Waals surface area contributed by atoms with Crippen LogP contribution in [0.5, 0.6) is 0 Å². The molecule has 2 N–H and O–H groups in total. The highest BCUT2D eigenvalue weighted by molar-refractivity contribution is 5.88. The lowest BCUT2D eigenvalue weighted by atomic mass is 9.72. The van der Waals surface area contributed by atoms with Crippen molar-refractivity contribution in [3.63, 3.8) is 0 Å². The lowest BCUT2D eigenvalue weighted by Crippen LogP contribution is -2.51.